The van der Waals surface area contributed by atoms with Gasteiger partial charge in [0.1, 0.15) is 0 Å². The Morgan fingerprint density at radius 2 is 1.86 bits per heavy atom. The normalized spacial score (nSPS) is 16.3. The first kappa shape index (κ1) is 15.9. The molecule has 1 saturated carbocycles. The van der Waals surface area contributed by atoms with E-state index < -0.39 is 20.5 Å². The lowest BCUT2D eigenvalue weighted by Crippen LogP contribution is -2.19. The van der Waals surface area contributed by atoms with E-state index in [9.17, 15) is 22.0 Å². The number of hydrogen-bond donors (Lipinski definition) is 1. The second-order valence-electron chi connectivity index (χ2n) is 5.20. The summed E-state index contributed by atoms with van der Waals surface area (Å²) in [5.74, 6) is -3.55. The standard InChI is InChI=1S/C14H17F2NO3S/c15-14(16)21(19,20)12-8-4-3-7-11(12)17-13(18)9-10-5-1-2-6-10/h3-4,7-8,10,14H,1-2,5-6,9H2,(H,17,18). The van der Waals surface area contributed by atoms with E-state index in [0.29, 0.717) is 12.3 Å². The summed E-state index contributed by atoms with van der Waals surface area (Å²) >= 11 is 0. The van der Waals surface area contributed by atoms with Crippen LogP contribution in [0.2, 0.25) is 0 Å². The molecule has 1 fully saturated rings. The van der Waals surface area contributed by atoms with Crippen LogP contribution >= 0.6 is 0 Å². The molecule has 0 spiro atoms. The number of anilines is 1. The zero-order chi connectivity index (χ0) is 15.5. The molecule has 0 atom stereocenters. The van der Waals surface area contributed by atoms with Crippen molar-refractivity contribution in [2.75, 3.05) is 5.32 Å². The highest BCUT2D eigenvalue weighted by Crippen LogP contribution is 2.29. The molecule has 21 heavy (non-hydrogen) atoms. The lowest BCUT2D eigenvalue weighted by molar-refractivity contribution is -0.117. The van der Waals surface area contributed by atoms with E-state index in [1.165, 1.54) is 18.2 Å². The summed E-state index contributed by atoms with van der Waals surface area (Å²) in [6, 6.07) is 5.24. The molecule has 1 aliphatic rings. The number of para-hydroxylation sites is 1. The van der Waals surface area contributed by atoms with E-state index >= 15 is 0 Å². The number of rotatable bonds is 5. The van der Waals surface area contributed by atoms with Gasteiger partial charge in [0.2, 0.25) is 15.7 Å². The number of alkyl halides is 2. The topological polar surface area (TPSA) is 63.2 Å². The molecule has 0 heterocycles. The van der Waals surface area contributed by atoms with E-state index in [1.807, 2.05) is 0 Å². The fraction of sp³-hybridized carbons (Fsp3) is 0.500. The Hall–Kier alpha value is -1.50. The van der Waals surface area contributed by atoms with Gasteiger partial charge >= 0.3 is 5.76 Å². The van der Waals surface area contributed by atoms with E-state index in [2.05, 4.69) is 5.32 Å². The number of amides is 1. The number of sulfone groups is 1. The van der Waals surface area contributed by atoms with Crippen molar-refractivity contribution in [3.8, 4) is 0 Å². The number of benzene rings is 1. The van der Waals surface area contributed by atoms with Crippen LogP contribution in [0.3, 0.4) is 0 Å². The summed E-state index contributed by atoms with van der Waals surface area (Å²) in [6.07, 6.45) is 4.43. The molecule has 116 valence electrons. The lowest BCUT2D eigenvalue weighted by Gasteiger charge is -2.13. The van der Waals surface area contributed by atoms with Crippen molar-refractivity contribution < 1.29 is 22.0 Å². The van der Waals surface area contributed by atoms with Crippen molar-refractivity contribution in [3.05, 3.63) is 24.3 Å². The molecule has 0 unspecified atom stereocenters. The van der Waals surface area contributed by atoms with Crippen LogP contribution in [-0.2, 0) is 14.6 Å². The lowest BCUT2D eigenvalue weighted by atomic mass is 10.0. The maximum absolute atomic E-state index is 12.6. The molecule has 0 saturated heterocycles. The largest absolute Gasteiger partial charge is 0.341 e. The second-order valence-corrected chi connectivity index (χ2v) is 7.09. The van der Waals surface area contributed by atoms with E-state index in [4.69, 9.17) is 0 Å². The van der Waals surface area contributed by atoms with Crippen LogP contribution < -0.4 is 5.32 Å². The fourth-order valence-corrected chi connectivity index (χ4v) is 3.48. The number of halogens is 2. The number of carbonyl (C=O) groups is 1. The van der Waals surface area contributed by atoms with Crippen LogP contribution in [0.4, 0.5) is 14.5 Å². The summed E-state index contributed by atoms with van der Waals surface area (Å²) in [6.45, 7) is 0. The van der Waals surface area contributed by atoms with Gasteiger partial charge in [0.15, 0.2) is 0 Å². The van der Waals surface area contributed by atoms with Crippen molar-refractivity contribution in [3.63, 3.8) is 0 Å². The Kier molecular flexibility index (Phi) is 4.92. The predicted molar refractivity (Wildman–Crippen MR) is 74.8 cm³/mol. The first-order valence-electron chi connectivity index (χ1n) is 6.82. The molecular formula is C14H17F2NO3S. The van der Waals surface area contributed by atoms with Crippen molar-refractivity contribution >= 4 is 21.4 Å². The van der Waals surface area contributed by atoms with E-state index in [0.717, 1.165) is 31.7 Å². The third kappa shape index (κ3) is 3.78. The molecule has 1 aromatic rings. The van der Waals surface area contributed by atoms with Gasteiger partial charge in [-0.15, -0.1) is 0 Å². The molecule has 1 N–H and O–H groups in total. The molecule has 0 bridgehead atoms. The Bertz CT molecular complexity index is 610. The molecule has 1 amide bonds. The number of carbonyl (C=O) groups excluding carboxylic acids is 1. The quantitative estimate of drug-likeness (QED) is 0.907. The smallest absolute Gasteiger partial charge is 0.325 e. The van der Waals surface area contributed by atoms with Gasteiger partial charge in [-0.25, -0.2) is 8.42 Å². The van der Waals surface area contributed by atoms with Crippen LogP contribution in [0, 0.1) is 5.92 Å². The van der Waals surface area contributed by atoms with Crippen molar-refractivity contribution in [2.45, 2.75) is 42.8 Å². The summed E-state index contributed by atoms with van der Waals surface area (Å²) in [5.41, 5.74) is -0.0826. The van der Waals surface area contributed by atoms with Crippen LogP contribution in [0.25, 0.3) is 0 Å². The minimum atomic E-state index is -4.73. The van der Waals surface area contributed by atoms with E-state index in [1.54, 1.807) is 0 Å². The molecule has 0 aromatic heterocycles. The molecular weight excluding hydrogens is 300 g/mol. The van der Waals surface area contributed by atoms with Gasteiger partial charge in [-0.1, -0.05) is 25.0 Å². The van der Waals surface area contributed by atoms with Gasteiger partial charge in [-0.3, -0.25) is 4.79 Å². The summed E-state index contributed by atoms with van der Waals surface area (Å²) in [7, 11) is -4.73. The average molecular weight is 317 g/mol. The zero-order valence-electron chi connectivity index (χ0n) is 11.4. The number of hydrogen-bond acceptors (Lipinski definition) is 3. The van der Waals surface area contributed by atoms with Gasteiger partial charge in [0.25, 0.3) is 0 Å². The first-order chi connectivity index (χ1) is 9.91. The summed E-state index contributed by atoms with van der Waals surface area (Å²) < 4.78 is 48.4. The SMILES string of the molecule is O=C(CC1CCCC1)Nc1ccccc1S(=O)(=O)C(F)F. The highest BCUT2D eigenvalue weighted by Gasteiger charge is 2.29. The molecule has 1 aliphatic carbocycles. The number of nitrogens with one attached hydrogen (secondary N) is 1. The van der Waals surface area contributed by atoms with Crippen LogP contribution in [0.5, 0.6) is 0 Å². The molecule has 0 aliphatic heterocycles. The van der Waals surface area contributed by atoms with Gasteiger partial charge in [-0.2, -0.15) is 8.78 Å². The minimum Gasteiger partial charge on any atom is -0.325 e. The molecule has 0 radical (unpaired) electrons. The monoisotopic (exact) mass is 317 g/mol. The third-order valence-electron chi connectivity index (χ3n) is 3.65. The second kappa shape index (κ2) is 6.51. The van der Waals surface area contributed by atoms with Gasteiger partial charge in [0.05, 0.1) is 10.6 Å². The zero-order valence-corrected chi connectivity index (χ0v) is 12.2. The molecule has 4 nitrogen and oxygen atoms in total. The Labute approximate surface area is 122 Å². The Morgan fingerprint density at radius 3 is 2.48 bits per heavy atom. The average Bonchev–Trinajstić information content (AvgIpc) is 2.91. The van der Waals surface area contributed by atoms with Crippen molar-refractivity contribution in [1.29, 1.82) is 0 Å². The highest BCUT2D eigenvalue weighted by atomic mass is 32.2. The van der Waals surface area contributed by atoms with Gasteiger partial charge in [-0.05, 0) is 30.9 Å². The van der Waals surface area contributed by atoms with Crippen LogP contribution in [0.1, 0.15) is 32.1 Å². The van der Waals surface area contributed by atoms with Crippen LogP contribution in [0.15, 0.2) is 29.2 Å². The Morgan fingerprint density at radius 1 is 1.24 bits per heavy atom. The first-order valence-corrected chi connectivity index (χ1v) is 8.37. The maximum Gasteiger partial charge on any atom is 0.341 e. The molecule has 2 rings (SSSR count). The summed E-state index contributed by atoms with van der Waals surface area (Å²) in [5, 5.41) is 2.45. The van der Waals surface area contributed by atoms with Crippen molar-refractivity contribution in [2.24, 2.45) is 5.92 Å². The van der Waals surface area contributed by atoms with Gasteiger partial charge < -0.3 is 5.32 Å². The maximum atomic E-state index is 12.6. The predicted octanol–water partition coefficient (Wildman–Crippen LogP) is 3.20. The van der Waals surface area contributed by atoms with Crippen molar-refractivity contribution in [1.82, 2.24) is 0 Å². The highest BCUT2D eigenvalue weighted by molar-refractivity contribution is 7.91. The van der Waals surface area contributed by atoms with Crippen LogP contribution in [-0.4, -0.2) is 20.1 Å². The fourth-order valence-electron chi connectivity index (χ4n) is 2.59. The Balaban J connectivity index is 2.15. The van der Waals surface area contributed by atoms with E-state index in [-0.39, 0.29) is 11.6 Å². The third-order valence-corrected chi connectivity index (χ3v) is 5.09. The molecule has 7 heteroatoms. The van der Waals surface area contributed by atoms with Gasteiger partial charge in [0, 0.05) is 6.42 Å². The summed E-state index contributed by atoms with van der Waals surface area (Å²) in [4.78, 5) is 11.4. The minimum absolute atomic E-state index is 0.0826. The molecule has 1 aromatic carbocycles.